The van der Waals surface area contributed by atoms with Crippen LogP contribution in [0.5, 0.6) is 0 Å². The fraction of sp³-hybridized carbons (Fsp3) is 0.400. The summed E-state index contributed by atoms with van der Waals surface area (Å²) in [7, 11) is 1.96. The van der Waals surface area contributed by atoms with Gasteiger partial charge in [-0.3, -0.25) is 4.68 Å². The maximum absolute atomic E-state index is 13.3. The topological polar surface area (TPSA) is 29.9 Å². The minimum atomic E-state index is -0.190. The summed E-state index contributed by atoms with van der Waals surface area (Å²) in [6, 6.07) is 7.24. The summed E-state index contributed by atoms with van der Waals surface area (Å²) < 4.78 is 16.1. The predicted molar refractivity (Wildman–Crippen MR) is 87.2 cm³/mol. The Morgan fingerprint density at radius 3 is 2.70 bits per heavy atom. The van der Waals surface area contributed by atoms with Gasteiger partial charge in [-0.05, 0) is 59.8 Å². The summed E-state index contributed by atoms with van der Waals surface area (Å²) in [5.41, 5.74) is 3.33. The molecule has 0 saturated carbocycles. The summed E-state index contributed by atoms with van der Waals surface area (Å²) in [6.07, 6.45) is 0.840. The van der Waals surface area contributed by atoms with Crippen LogP contribution in [0.3, 0.4) is 0 Å². The minimum Gasteiger partial charge on any atom is -0.310 e. The van der Waals surface area contributed by atoms with E-state index in [-0.39, 0.29) is 11.9 Å². The standard InChI is InChI=1S/C15H19FIN3/c1-4-18-15(9-12-7-10(2)19-20(12)3)13-6-5-11(16)8-14(13)17/h5-8,15,18H,4,9H2,1-3H3. The molecule has 1 aromatic carbocycles. The Balaban J connectivity index is 2.29. The molecule has 1 aromatic heterocycles. The zero-order valence-electron chi connectivity index (χ0n) is 12.0. The van der Waals surface area contributed by atoms with E-state index in [2.05, 4.69) is 46.0 Å². The van der Waals surface area contributed by atoms with Crippen LogP contribution in [0.15, 0.2) is 24.3 Å². The van der Waals surface area contributed by atoms with Gasteiger partial charge in [0.1, 0.15) is 5.82 Å². The highest BCUT2D eigenvalue weighted by atomic mass is 127. The molecular formula is C15H19FIN3. The Bertz CT molecular complexity index is 595. The van der Waals surface area contributed by atoms with Crippen LogP contribution in [-0.2, 0) is 13.5 Å². The minimum absolute atomic E-state index is 0.169. The molecule has 0 aliphatic rings. The van der Waals surface area contributed by atoms with Crippen LogP contribution in [0.2, 0.25) is 0 Å². The maximum atomic E-state index is 13.3. The second-order valence-corrected chi connectivity index (χ2v) is 6.04. The molecule has 0 fully saturated rings. The Kier molecular flexibility index (Phi) is 5.15. The molecule has 0 spiro atoms. The lowest BCUT2D eigenvalue weighted by Gasteiger charge is -2.20. The lowest BCUT2D eigenvalue weighted by atomic mass is 10.0. The summed E-state index contributed by atoms with van der Waals surface area (Å²) in [4.78, 5) is 0. The predicted octanol–water partition coefficient (Wildman–Crippen LogP) is 3.37. The fourth-order valence-electron chi connectivity index (χ4n) is 2.39. The molecule has 3 nitrogen and oxygen atoms in total. The van der Waals surface area contributed by atoms with Crippen LogP contribution < -0.4 is 5.32 Å². The number of likely N-dealkylation sites (N-methyl/N-ethyl adjacent to an activating group) is 1. The second kappa shape index (κ2) is 6.67. The number of aromatic nitrogens is 2. The van der Waals surface area contributed by atoms with Gasteiger partial charge in [0, 0.05) is 28.8 Å². The van der Waals surface area contributed by atoms with Crippen molar-refractivity contribution in [2.45, 2.75) is 26.3 Å². The smallest absolute Gasteiger partial charge is 0.124 e. The van der Waals surface area contributed by atoms with Crippen molar-refractivity contribution in [3.8, 4) is 0 Å². The van der Waals surface area contributed by atoms with Crippen molar-refractivity contribution in [1.29, 1.82) is 0 Å². The maximum Gasteiger partial charge on any atom is 0.124 e. The molecule has 0 radical (unpaired) electrons. The molecule has 2 aromatic rings. The van der Waals surface area contributed by atoms with Crippen molar-refractivity contribution in [2.75, 3.05) is 6.54 Å². The first-order valence-electron chi connectivity index (χ1n) is 6.69. The number of hydrogen-bond acceptors (Lipinski definition) is 2. The van der Waals surface area contributed by atoms with Crippen LogP contribution >= 0.6 is 22.6 Å². The third-order valence-corrected chi connectivity index (χ3v) is 4.23. The molecule has 2 rings (SSSR count). The van der Waals surface area contributed by atoms with E-state index in [1.165, 1.54) is 11.8 Å². The Labute approximate surface area is 132 Å². The molecule has 0 amide bonds. The van der Waals surface area contributed by atoms with Gasteiger partial charge in [-0.2, -0.15) is 5.10 Å². The Morgan fingerprint density at radius 2 is 2.15 bits per heavy atom. The molecule has 0 saturated heterocycles. The van der Waals surface area contributed by atoms with Crippen LogP contribution in [-0.4, -0.2) is 16.3 Å². The molecule has 20 heavy (non-hydrogen) atoms. The van der Waals surface area contributed by atoms with E-state index in [1.54, 1.807) is 6.07 Å². The van der Waals surface area contributed by atoms with E-state index in [1.807, 2.05) is 24.7 Å². The number of benzene rings is 1. The first-order valence-corrected chi connectivity index (χ1v) is 7.77. The third-order valence-electron chi connectivity index (χ3n) is 3.30. The normalized spacial score (nSPS) is 12.7. The van der Waals surface area contributed by atoms with Crippen molar-refractivity contribution in [3.63, 3.8) is 0 Å². The van der Waals surface area contributed by atoms with E-state index >= 15 is 0 Å². The number of hydrogen-bond donors (Lipinski definition) is 1. The van der Waals surface area contributed by atoms with Crippen LogP contribution in [0.4, 0.5) is 4.39 Å². The second-order valence-electron chi connectivity index (χ2n) is 4.88. The molecule has 0 aliphatic heterocycles. The molecule has 1 N–H and O–H groups in total. The first-order chi connectivity index (χ1) is 9.51. The largest absolute Gasteiger partial charge is 0.310 e. The van der Waals surface area contributed by atoms with Gasteiger partial charge in [-0.15, -0.1) is 0 Å². The third kappa shape index (κ3) is 3.58. The zero-order valence-corrected chi connectivity index (χ0v) is 14.1. The molecule has 1 heterocycles. The van der Waals surface area contributed by atoms with Crippen LogP contribution in [0, 0.1) is 16.3 Å². The molecule has 0 aliphatic carbocycles. The monoisotopic (exact) mass is 387 g/mol. The van der Waals surface area contributed by atoms with Crippen molar-refractivity contribution >= 4 is 22.6 Å². The van der Waals surface area contributed by atoms with E-state index in [9.17, 15) is 4.39 Å². The molecule has 1 atom stereocenters. The molecule has 0 bridgehead atoms. The number of nitrogens with zero attached hydrogens (tertiary/aromatic N) is 2. The summed E-state index contributed by atoms with van der Waals surface area (Å²) in [6.45, 7) is 4.94. The Morgan fingerprint density at radius 1 is 1.40 bits per heavy atom. The van der Waals surface area contributed by atoms with Crippen LogP contribution in [0.1, 0.15) is 29.9 Å². The number of nitrogens with one attached hydrogen (secondary N) is 1. The Hall–Kier alpha value is -0.950. The van der Waals surface area contributed by atoms with Gasteiger partial charge >= 0.3 is 0 Å². The van der Waals surface area contributed by atoms with Gasteiger partial charge in [-0.25, -0.2) is 4.39 Å². The summed E-state index contributed by atoms with van der Waals surface area (Å²) >= 11 is 2.20. The highest BCUT2D eigenvalue weighted by Gasteiger charge is 2.16. The summed E-state index contributed by atoms with van der Waals surface area (Å²) in [5, 5.41) is 7.86. The average Bonchev–Trinajstić information content (AvgIpc) is 2.67. The van der Waals surface area contributed by atoms with E-state index in [0.717, 1.165) is 27.8 Å². The van der Waals surface area contributed by atoms with Gasteiger partial charge < -0.3 is 5.32 Å². The fourth-order valence-corrected chi connectivity index (χ4v) is 3.24. The quantitative estimate of drug-likeness (QED) is 0.798. The number of aryl methyl sites for hydroxylation is 2. The van der Waals surface area contributed by atoms with Crippen molar-refractivity contribution < 1.29 is 4.39 Å². The SMILES string of the molecule is CCNC(Cc1cc(C)nn1C)c1ccc(F)cc1I. The van der Waals surface area contributed by atoms with Gasteiger partial charge in [-0.1, -0.05) is 13.0 Å². The van der Waals surface area contributed by atoms with Crippen molar-refractivity contribution in [2.24, 2.45) is 7.05 Å². The van der Waals surface area contributed by atoms with Gasteiger partial charge in [0.2, 0.25) is 0 Å². The van der Waals surface area contributed by atoms with E-state index in [0.29, 0.717) is 0 Å². The molecule has 1 unspecified atom stereocenters. The zero-order chi connectivity index (χ0) is 14.7. The highest BCUT2D eigenvalue weighted by Crippen LogP contribution is 2.24. The lowest BCUT2D eigenvalue weighted by molar-refractivity contribution is 0.525. The number of rotatable bonds is 5. The molecule has 108 valence electrons. The number of halogens is 2. The average molecular weight is 387 g/mol. The molecular weight excluding hydrogens is 368 g/mol. The summed E-state index contributed by atoms with van der Waals surface area (Å²) in [5.74, 6) is -0.190. The highest BCUT2D eigenvalue weighted by molar-refractivity contribution is 14.1. The van der Waals surface area contributed by atoms with Gasteiger partial charge in [0.15, 0.2) is 0 Å². The van der Waals surface area contributed by atoms with Crippen LogP contribution in [0.25, 0.3) is 0 Å². The first kappa shape index (κ1) is 15.4. The van der Waals surface area contributed by atoms with E-state index < -0.39 is 0 Å². The lowest BCUT2D eigenvalue weighted by Crippen LogP contribution is -2.24. The van der Waals surface area contributed by atoms with Crippen molar-refractivity contribution in [3.05, 3.63) is 50.6 Å². The van der Waals surface area contributed by atoms with E-state index in [4.69, 9.17) is 0 Å². The molecule has 5 heteroatoms. The van der Waals surface area contributed by atoms with Crippen molar-refractivity contribution in [1.82, 2.24) is 15.1 Å². The van der Waals surface area contributed by atoms with Gasteiger partial charge in [0.25, 0.3) is 0 Å². The van der Waals surface area contributed by atoms with Gasteiger partial charge in [0.05, 0.1) is 5.69 Å².